The molecule has 0 rings (SSSR count). The van der Waals surface area contributed by atoms with Gasteiger partial charge in [0.25, 0.3) is 0 Å². The zero-order valence-corrected chi connectivity index (χ0v) is 46.8. The molecule has 0 aliphatic carbocycles. The predicted octanol–water partition coefficient (Wildman–Crippen LogP) is 20.7. The molecule has 70 heavy (non-hydrogen) atoms. The van der Waals surface area contributed by atoms with Crippen LogP contribution in [0.4, 0.5) is 0 Å². The smallest absolute Gasteiger partial charge is 0.220 e. The van der Waals surface area contributed by atoms with E-state index >= 15 is 0 Å². The van der Waals surface area contributed by atoms with Gasteiger partial charge >= 0.3 is 0 Å². The number of hydrogen-bond acceptors (Lipinski definition) is 3. The second kappa shape index (κ2) is 60.9. The average molecular weight is 975 g/mol. The van der Waals surface area contributed by atoms with E-state index in [0.717, 1.165) is 64.2 Å². The van der Waals surface area contributed by atoms with E-state index in [1.54, 1.807) is 6.08 Å². The van der Waals surface area contributed by atoms with Gasteiger partial charge in [-0.15, -0.1) is 0 Å². The van der Waals surface area contributed by atoms with Gasteiger partial charge in [-0.1, -0.05) is 304 Å². The highest BCUT2D eigenvalue weighted by atomic mass is 16.3. The van der Waals surface area contributed by atoms with Crippen molar-refractivity contribution >= 4 is 5.91 Å². The van der Waals surface area contributed by atoms with Gasteiger partial charge in [0, 0.05) is 6.42 Å². The number of unbranched alkanes of at least 4 members (excludes halogenated alkanes) is 37. The largest absolute Gasteiger partial charge is 0.394 e. The molecule has 0 saturated carbocycles. The molecule has 3 N–H and O–H groups in total. The lowest BCUT2D eigenvalue weighted by molar-refractivity contribution is -0.123. The first-order chi connectivity index (χ1) is 34.7. The van der Waals surface area contributed by atoms with E-state index in [0.29, 0.717) is 6.42 Å². The summed E-state index contributed by atoms with van der Waals surface area (Å²) in [5, 5.41) is 23.2. The fourth-order valence-corrected chi connectivity index (χ4v) is 9.20. The van der Waals surface area contributed by atoms with Crippen molar-refractivity contribution in [3.63, 3.8) is 0 Å². The number of aliphatic hydroxyl groups excluding tert-OH is 2. The monoisotopic (exact) mass is 974 g/mol. The van der Waals surface area contributed by atoms with Crippen LogP contribution in [0.25, 0.3) is 0 Å². The fraction of sp³-hybridized carbons (Fsp3) is 0.773. The SMILES string of the molecule is CC/C=C\C/C=C\C/C=C\C/C=C\CCCCCCCCCCCCCCCCCCC(=O)NC(CO)C(O)/C=C/CC/C=C/CC/C=C/CCCCCCCCCCCCCCCCCCCCC. The van der Waals surface area contributed by atoms with Crippen molar-refractivity contribution in [3.8, 4) is 0 Å². The Labute approximate surface area is 437 Å². The third kappa shape index (κ3) is 56.5. The highest BCUT2D eigenvalue weighted by Gasteiger charge is 2.18. The molecule has 0 saturated heterocycles. The van der Waals surface area contributed by atoms with E-state index in [1.165, 1.54) is 225 Å². The maximum atomic E-state index is 12.5. The van der Waals surface area contributed by atoms with Crippen LogP contribution < -0.4 is 5.32 Å². The van der Waals surface area contributed by atoms with Crippen molar-refractivity contribution in [3.05, 3.63) is 85.1 Å². The Balaban J connectivity index is 3.54. The molecule has 406 valence electrons. The molecule has 2 atom stereocenters. The van der Waals surface area contributed by atoms with Gasteiger partial charge in [0.15, 0.2) is 0 Å². The van der Waals surface area contributed by atoms with E-state index in [9.17, 15) is 15.0 Å². The molecule has 4 nitrogen and oxygen atoms in total. The molecule has 0 aliphatic rings. The minimum absolute atomic E-state index is 0.0771. The van der Waals surface area contributed by atoms with Gasteiger partial charge < -0.3 is 15.5 Å². The number of hydrogen-bond donors (Lipinski definition) is 3. The minimum Gasteiger partial charge on any atom is -0.394 e. The van der Waals surface area contributed by atoms with E-state index in [-0.39, 0.29) is 12.5 Å². The Hall–Kier alpha value is -2.43. The van der Waals surface area contributed by atoms with Gasteiger partial charge in [-0.3, -0.25) is 4.79 Å². The van der Waals surface area contributed by atoms with Gasteiger partial charge in [0.05, 0.1) is 18.8 Å². The highest BCUT2D eigenvalue weighted by molar-refractivity contribution is 5.76. The second-order valence-electron chi connectivity index (χ2n) is 20.7. The lowest BCUT2D eigenvalue weighted by atomic mass is 10.0. The van der Waals surface area contributed by atoms with E-state index in [1.807, 2.05) is 6.08 Å². The summed E-state index contributed by atoms with van der Waals surface area (Å²) in [5.41, 5.74) is 0. The third-order valence-corrected chi connectivity index (χ3v) is 13.8. The van der Waals surface area contributed by atoms with E-state index in [4.69, 9.17) is 0 Å². The van der Waals surface area contributed by atoms with Crippen LogP contribution in [0.15, 0.2) is 85.1 Å². The molecule has 2 unspecified atom stereocenters. The number of carbonyl (C=O) groups excluding carboxylic acids is 1. The number of rotatable bonds is 56. The molecule has 0 aromatic rings. The van der Waals surface area contributed by atoms with Crippen LogP contribution in [0, 0.1) is 0 Å². The molecule has 0 aliphatic heterocycles. The number of aliphatic hydroxyl groups is 2. The van der Waals surface area contributed by atoms with Crippen LogP contribution in [-0.2, 0) is 4.79 Å². The number of allylic oxidation sites excluding steroid dienone is 13. The molecule has 0 radical (unpaired) electrons. The quantitative estimate of drug-likeness (QED) is 0.0420. The first-order valence-electron chi connectivity index (χ1n) is 30.8. The summed E-state index contributed by atoms with van der Waals surface area (Å²) in [7, 11) is 0. The normalized spacial score (nSPS) is 13.4. The van der Waals surface area contributed by atoms with Crippen molar-refractivity contribution < 1.29 is 15.0 Å². The first-order valence-corrected chi connectivity index (χ1v) is 30.8. The molecule has 0 aromatic heterocycles. The molecule has 0 bridgehead atoms. The standard InChI is InChI=1S/C66H119NO3/c1-3-5-7-9-11-13-15-17-19-21-23-25-27-29-31-33-35-37-39-41-43-45-47-49-51-53-55-57-59-61-65(69)64(63-68)67-66(70)62-60-58-56-54-52-50-48-46-44-42-40-38-36-34-32-30-28-26-24-22-20-18-16-14-12-10-8-6-4-2/h6,8,12,14,18,20,24,26,43,45,51,53,59,61,64-65,68-69H,3-5,7,9-11,13,15-17,19,21-23,25,27-42,44,46-50,52,54-58,60,62-63H2,1-2H3,(H,67,70)/b8-6-,14-12-,20-18-,26-24-,45-43+,53-51+,61-59+. The summed E-state index contributed by atoms with van der Waals surface area (Å²) in [6, 6.07) is -0.651. The molecular formula is C66H119NO3. The Morgan fingerprint density at radius 1 is 0.357 bits per heavy atom. The summed E-state index contributed by atoms with van der Waals surface area (Å²) in [5.74, 6) is -0.0771. The Morgan fingerprint density at radius 2 is 0.643 bits per heavy atom. The van der Waals surface area contributed by atoms with Crippen LogP contribution >= 0.6 is 0 Å². The fourth-order valence-electron chi connectivity index (χ4n) is 9.20. The lowest BCUT2D eigenvalue weighted by Crippen LogP contribution is -2.45. The van der Waals surface area contributed by atoms with Crippen molar-refractivity contribution in [2.75, 3.05) is 6.61 Å². The molecule has 0 heterocycles. The molecule has 4 heteroatoms. The number of nitrogens with one attached hydrogen (secondary N) is 1. The van der Waals surface area contributed by atoms with Gasteiger partial charge in [0.1, 0.15) is 0 Å². The van der Waals surface area contributed by atoms with Crippen molar-refractivity contribution in [2.24, 2.45) is 0 Å². The molecule has 0 spiro atoms. The average Bonchev–Trinajstić information content (AvgIpc) is 3.36. The summed E-state index contributed by atoms with van der Waals surface area (Å²) < 4.78 is 0. The third-order valence-electron chi connectivity index (χ3n) is 13.8. The number of amides is 1. The van der Waals surface area contributed by atoms with Crippen molar-refractivity contribution in [2.45, 2.75) is 321 Å². The Bertz CT molecular complexity index is 1240. The van der Waals surface area contributed by atoms with Crippen LogP contribution in [0.5, 0.6) is 0 Å². The summed E-state index contributed by atoms with van der Waals surface area (Å²) >= 11 is 0. The van der Waals surface area contributed by atoms with Crippen LogP contribution in [0.2, 0.25) is 0 Å². The Morgan fingerprint density at radius 3 is 1.00 bits per heavy atom. The van der Waals surface area contributed by atoms with Crippen LogP contribution in [0.1, 0.15) is 309 Å². The summed E-state index contributed by atoms with van der Waals surface area (Å²) in [6.45, 7) is 4.21. The van der Waals surface area contributed by atoms with Gasteiger partial charge in [-0.2, -0.15) is 0 Å². The maximum Gasteiger partial charge on any atom is 0.220 e. The second-order valence-corrected chi connectivity index (χ2v) is 20.7. The van der Waals surface area contributed by atoms with Crippen molar-refractivity contribution in [1.29, 1.82) is 0 Å². The minimum atomic E-state index is -0.875. The zero-order chi connectivity index (χ0) is 50.6. The van der Waals surface area contributed by atoms with Crippen LogP contribution in [0.3, 0.4) is 0 Å². The van der Waals surface area contributed by atoms with Crippen LogP contribution in [-0.4, -0.2) is 34.9 Å². The van der Waals surface area contributed by atoms with Gasteiger partial charge in [0.2, 0.25) is 5.91 Å². The van der Waals surface area contributed by atoms with Gasteiger partial charge in [-0.25, -0.2) is 0 Å². The summed E-state index contributed by atoms with van der Waals surface area (Å²) in [6.07, 6.45) is 89.2. The maximum absolute atomic E-state index is 12.5. The van der Waals surface area contributed by atoms with Crippen molar-refractivity contribution in [1.82, 2.24) is 5.32 Å². The van der Waals surface area contributed by atoms with E-state index in [2.05, 4.69) is 92.1 Å². The number of carbonyl (C=O) groups is 1. The summed E-state index contributed by atoms with van der Waals surface area (Å²) in [4.78, 5) is 12.5. The van der Waals surface area contributed by atoms with E-state index < -0.39 is 12.1 Å². The molecule has 0 aromatic carbocycles. The predicted molar refractivity (Wildman–Crippen MR) is 313 cm³/mol. The highest BCUT2D eigenvalue weighted by Crippen LogP contribution is 2.17. The first kappa shape index (κ1) is 67.6. The molecule has 0 fully saturated rings. The topological polar surface area (TPSA) is 69.6 Å². The zero-order valence-electron chi connectivity index (χ0n) is 46.8. The lowest BCUT2D eigenvalue weighted by Gasteiger charge is -2.19. The van der Waals surface area contributed by atoms with Gasteiger partial charge in [-0.05, 0) is 83.5 Å². The molecular weight excluding hydrogens is 855 g/mol. The molecule has 1 amide bonds. The Kier molecular flexibility index (Phi) is 58.8.